The molecule has 1 N–H and O–H groups in total. The summed E-state index contributed by atoms with van der Waals surface area (Å²) in [7, 11) is 0. The molecule has 0 saturated carbocycles. The fourth-order valence-corrected chi connectivity index (χ4v) is 4.06. The van der Waals surface area contributed by atoms with Gasteiger partial charge in [-0.3, -0.25) is 24.5 Å². The maximum absolute atomic E-state index is 12.8. The average molecular weight is 469 g/mol. The van der Waals surface area contributed by atoms with Crippen LogP contribution in [0.1, 0.15) is 40.2 Å². The quantitative estimate of drug-likeness (QED) is 0.110. The Morgan fingerprint density at radius 2 is 1.69 bits per heavy atom. The number of amides is 1. The molecule has 3 atom stereocenters. The Morgan fingerprint density at radius 3 is 2.09 bits per heavy atom. The van der Waals surface area contributed by atoms with E-state index in [1.807, 2.05) is 0 Å². The molecule has 0 spiro atoms. The molecule has 1 aromatic carbocycles. The highest BCUT2D eigenvalue weighted by Gasteiger charge is 2.66. The lowest BCUT2D eigenvalue weighted by atomic mass is 9.61. The number of Topliss-reactive ketones (excluding diaryl/α,β-unsaturated/α-hetero) is 2. The summed E-state index contributed by atoms with van der Waals surface area (Å²) in [6.45, 7) is 6.22. The molecule has 0 aliphatic carbocycles. The van der Waals surface area contributed by atoms with Gasteiger partial charge in [0.15, 0.2) is 0 Å². The number of alkyl halides is 1. The van der Waals surface area contributed by atoms with Crippen molar-refractivity contribution in [2.24, 2.45) is 11.3 Å². The Kier molecular flexibility index (Phi) is 7.11. The van der Waals surface area contributed by atoms with Gasteiger partial charge in [-0.2, -0.15) is 0 Å². The molecule has 174 valence electrons. The van der Waals surface area contributed by atoms with Crippen molar-refractivity contribution in [1.29, 1.82) is 0 Å². The van der Waals surface area contributed by atoms with Gasteiger partial charge >= 0.3 is 5.97 Å². The monoisotopic (exact) mass is 468 g/mol. The van der Waals surface area contributed by atoms with E-state index in [2.05, 4.69) is 0 Å². The first-order valence-corrected chi connectivity index (χ1v) is 10.2. The van der Waals surface area contributed by atoms with Crippen LogP contribution < -0.4 is 0 Å². The number of nitro groups is 1. The summed E-state index contributed by atoms with van der Waals surface area (Å²) in [6, 6.07) is 4.14. The lowest BCUT2D eigenvalue weighted by molar-refractivity contribution is -0.384. The molecule has 32 heavy (non-hydrogen) atoms. The Labute approximate surface area is 189 Å². The zero-order chi connectivity index (χ0) is 24.6. The van der Waals surface area contributed by atoms with E-state index in [1.165, 1.54) is 58.9 Å². The van der Waals surface area contributed by atoms with E-state index >= 15 is 0 Å². The number of β-lactam (4-membered cyclic amide) rings is 1. The number of hydrogen-bond donors (Lipinski definition) is 1. The highest BCUT2D eigenvalue weighted by Crippen LogP contribution is 2.47. The number of ether oxygens (including phenoxy) is 1. The Bertz CT molecular complexity index is 940. The first-order valence-electron chi connectivity index (χ1n) is 9.74. The van der Waals surface area contributed by atoms with Crippen LogP contribution in [0.25, 0.3) is 0 Å². The van der Waals surface area contributed by atoms with Crippen molar-refractivity contribution in [3.8, 4) is 0 Å². The topological polar surface area (TPSA) is 144 Å². The number of hydrogen-bond acceptors (Lipinski definition) is 8. The fourth-order valence-electron chi connectivity index (χ4n) is 3.78. The molecule has 1 aliphatic rings. The number of ketones is 2. The number of aliphatic hydroxyl groups is 1. The van der Waals surface area contributed by atoms with Gasteiger partial charge < -0.3 is 14.7 Å². The molecule has 2 rings (SSSR count). The van der Waals surface area contributed by atoms with Gasteiger partial charge in [0.1, 0.15) is 23.6 Å². The minimum atomic E-state index is -1.69. The van der Waals surface area contributed by atoms with Gasteiger partial charge in [-0.1, -0.05) is 11.6 Å². The van der Waals surface area contributed by atoms with E-state index in [-0.39, 0.29) is 12.3 Å². The highest BCUT2D eigenvalue weighted by atomic mass is 35.5. The number of likely N-dealkylation sites (tertiary alicyclic amines) is 1. The fraction of sp³-hybridized carbons (Fsp3) is 0.524. The third-order valence-corrected chi connectivity index (χ3v) is 6.31. The first kappa shape index (κ1) is 25.4. The Balaban J connectivity index is 2.25. The molecular weight excluding hydrogens is 444 g/mol. The molecule has 1 saturated heterocycles. The minimum Gasteiger partial charge on any atom is -0.458 e. The van der Waals surface area contributed by atoms with Crippen LogP contribution in [0.4, 0.5) is 5.69 Å². The van der Waals surface area contributed by atoms with E-state index in [4.69, 9.17) is 16.3 Å². The van der Waals surface area contributed by atoms with E-state index in [1.54, 1.807) is 0 Å². The molecular formula is C21H25ClN2O8. The van der Waals surface area contributed by atoms with E-state index in [9.17, 15) is 34.4 Å². The van der Waals surface area contributed by atoms with Crippen LogP contribution in [0.15, 0.2) is 24.3 Å². The number of nitro benzene ring substituents is 1. The van der Waals surface area contributed by atoms with Gasteiger partial charge in [0.05, 0.1) is 22.5 Å². The van der Waals surface area contributed by atoms with Crippen LogP contribution in [0.5, 0.6) is 0 Å². The van der Waals surface area contributed by atoms with E-state index in [0.29, 0.717) is 5.56 Å². The van der Waals surface area contributed by atoms with Gasteiger partial charge in [0.25, 0.3) is 5.69 Å². The van der Waals surface area contributed by atoms with Crippen LogP contribution in [-0.4, -0.2) is 55.5 Å². The summed E-state index contributed by atoms with van der Waals surface area (Å²) in [5.41, 5.74) is -4.60. The van der Waals surface area contributed by atoms with Crippen LogP contribution >= 0.6 is 11.6 Å². The molecule has 1 aliphatic heterocycles. The second-order valence-electron chi connectivity index (χ2n) is 8.50. The summed E-state index contributed by atoms with van der Waals surface area (Å²) < 4.78 is 5.13. The first-order chi connectivity index (χ1) is 14.6. The largest absolute Gasteiger partial charge is 0.458 e. The lowest BCUT2D eigenvalue weighted by Gasteiger charge is -2.57. The number of rotatable bonds is 9. The van der Waals surface area contributed by atoms with Crippen molar-refractivity contribution in [2.75, 3.05) is 0 Å². The highest BCUT2D eigenvalue weighted by molar-refractivity contribution is 6.31. The predicted molar refractivity (Wildman–Crippen MR) is 112 cm³/mol. The number of esters is 1. The second-order valence-corrected chi connectivity index (χ2v) is 8.92. The van der Waals surface area contributed by atoms with E-state index in [0.717, 1.165) is 4.90 Å². The Morgan fingerprint density at radius 1 is 1.19 bits per heavy atom. The molecule has 0 bridgehead atoms. The van der Waals surface area contributed by atoms with Crippen molar-refractivity contribution in [3.05, 3.63) is 39.9 Å². The molecule has 0 radical (unpaired) electrons. The van der Waals surface area contributed by atoms with Crippen LogP contribution in [-0.2, 0) is 30.5 Å². The predicted octanol–water partition coefficient (Wildman–Crippen LogP) is 1.99. The molecule has 1 heterocycles. The number of halogens is 1. The maximum Gasteiger partial charge on any atom is 0.344 e. The third kappa shape index (κ3) is 4.51. The average Bonchev–Trinajstić information content (AvgIpc) is 2.68. The summed E-state index contributed by atoms with van der Waals surface area (Å²) in [6.07, 6.45) is 0. The Hall–Kier alpha value is -2.85. The van der Waals surface area contributed by atoms with Crippen molar-refractivity contribution in [3.63, 3.8) is 0 Å². The number of carbonyl (C=O) groups excluding carboxylic acids is 4. The summed E-state index contributed by atoms with van der Waals surface area (Å²) in [4.78, 5) is 61.2. The summed E-state index contributed by atoms with van der Waals surface area (Å²) in [5, 5.41) is 21.2. The zero-order valence-electron chi connectivity index (χ0n) is 18.3. The van der Waals surface area contributed by atoms with Crippen LogP contribution in [0.2, 0.25) is 0 Å². The molecule has 11 heteroatoms. The van der Waals surface area contributed by atoms with E-state index < -0.39 is 56.8 Å². The molecule has 0 aromatic heterocycles. The van der Waals surface area contributed by atoms with Gasteiger partial charge in [-0.25, -0.2) is 4.79 Å². The summed E-state index contributed by atoms with van der Waals surface area (Å²) in [5.74, 6) is -3.91. The van der Waals surface area contributed by atoms with Crippen molar-refractivity contribution < 1.29 is 33.9 Å². The number of non-ortho nitro benzene ring substituents is 1. The van der Waals surface area contributed by atoms with Crippen LogP contribution in [0, 0.1) is 21.4 Å². The molecule has 1 aromatic rings. The van der Waals surface area contributed by atoms with Gasteiger partial charge in [-0.05, 0) is 52.3 Å². The smallest absolute Gasteiger partial charge is 0.344 e. The number of benzene rings is 1. The zero-order valence-corrected chi connectivity index (χ0v) is 19.1. The number of carbonyl (C=O) groups is 4. The standard InChI is InChI=1S/C21H25ClN2O8/c1-11(25)21(5,12(2)26)16-15(20(3,4)29)18(27)23(16)17(22)19(28)32-10-13-6-8-14(9-7-13)24(30)31/h6-9,15-17,29H,10H2,1-5H3. The molecule has 1 amide bonds. The minimum absolute atomic E-state index is 0.130. The summed E-state index contributed by atoms with van der Waals surface area (Å²) >= 11 is 6.22. The molecule has 10 nitrogen and oxygen atoms in total. The SMILES string of the molecule is CC(=O)C(C)(C(C)=O)C1C(C(C)(C)O)C(=O)N1C(Cl)C(=O)OCc1ccc([N+](=O)[O-])cc1. The third-order valence-electron chi connectivity index (χ3n) is 5.92. The van der Waals surface area contributed by atoms with Crippen molar-refractivity contribution in [1.82, 2.24) is 4.90 Å². The molecule has 3 unspecified atom stereocenters. The second kappa shape index (κ2) is 8.95. The number of nitrogens with zero attached hydrogens (tertiary/aromatic N) is 2. The normalized spacial score (nSPS) is 19.7. The van der Waals surface area contributed by atoms with Gasteiger partial charge in [0.2, 0.25) is 11.4 Å². The molecule has 1 fully saturated rings. The van der Waals surface area contributed by atoms with Crippen LogP contribution in [0.3, 0.4) is 0 Å². The lowest BCUT2D eigenvalue weighted by Crippen LogP contribution is -2.76. The maximum atomic E-state index is 12.8. The van der Waals surface area contributed by atoms with Crippen molar-refractivity contribution in [2.45, 2.75) is 58.4 Å². The van der Waals surface area contributed by atoms with Gasteiger partial charge in [-0.15, -0.1) is 0 Å². The van der Waals surface area contributed by atoms with Gasteiger partial charge in [0, 0.05) is 12.1 Å². The van der Waals surface area contributed by atoms with Crippen molar-refractivity contribution >= 4 is 40.7 Å².